The van der Waals surface area contributed by atoms with Crippen LogP contribution in [-0.2, 0) is 27.8 Å². The third kappa shape index (κ3) is 5.67. The first-order valence-corrected chi connectivity index (χ1v) is 17.0. The zero-order valence-corrected chi connectivity index (χ0v) is 27.8. The topological polar surface area (TPSA) is 68.3 Å². The molecular formula is C40H44N2O5. The van der Waals surface area contributed by atoms with Gasteiger partial charge in [0.05, 0.1) is 7.11 Å². The average molecular weight is 633 g/mol. The number of methoxy groups -OCH3 is 1. The van der Waals surface area contributed by atoms with Gasteiger partial charge in [-0.15, -0.1) is 0 Å². The summed E-state index contributed by atoms with van der Waals surface area (Å²) in [4.78, 5) is 30.9. The maximum Gasteiger partial charge on any atom is 0.308 e. The molecule has 0 radical (unpaired) electrons. The maximum absolute atomic E-state index is 13.9. The van der Waals surface area contributed by atoms with Gasteiger partial charge in [0.1, 0.15) is 11.9 Å². The molecule has 1 spiro atoms. The zero-order valence-electron chi connectivity index (χ0n) is 27.8. The summed E-state index contributed by atoms with van der Waals surface area (Å²) in [5.74, 6) is 8.19. The van der Waals surface area contributed by atoms with Gasteiger partial charge in [-0.2, -0.15) is 0 Å². The molecule has 244 valence electrons. The molecule has 2 aliphatic heterocycles. The summed E-state index contributed by atoms with van der Waals surface area (Å²) < 4.78 is 18.8. The quantitative estimate of drug-likeness (QED) is 0.178. The Morgan fingerprint density at radius 3 is 2.51 bits per heavy atom. The number of esters is 1. The van der Waals surface area contributed by atoms with Crippen LogP contribution in [-0.4, -0.2) is 66.6 Å². The van der Waals surface area contributed by atoms with E-state index >= 15 is 0 Å². The van der Waals surface area contributed by atoms with Gasteiger partial charge >= 0.3 is 5.97 Å². The minimum Gasteiger partial charge on any atom is -0.493 e. The van der Waals surface area contributed by atoms with Gasteiger partial charge in [-0.1, -0.05) is 68.3 Å². The van der Waals surface area contributed by atoms with Crippen molar-refractivity contribution in [3.8, 4) is 29.1 Å². The number of piperidine rings is 1. The first-order chi connectivity index (χ1) is 22.8. The Kier molecular flexibility index (Phi) is 8.48. The minimum absolute atomic E-state index is 0.00844. The highest BCUT2D eigenvalue weighted by molar-refractivity contribution is 5.94. The Balaban J connectivity index is 1.29. The third-order valence-electron chi connectivity index (χ3n) is 10.8. The average Bonchev–Trinajstić information content (AvgIpc) is 3.42. The van der Waals surface area contributed by atoms with Crippen molar-refractivity contribution in [3.05, 3.63) is 89.0 Å². The van der Waals surface area contributed by atoms with Crippen LogP contribution in [0, 0.1) is 23.7 Å². The van der Waals surface area contributed by atoms with Crippen LogP contribution in [0.4, 0.5) is 0 Å². The molecule has 4 aliphatic rings. The fraction of sp³-hybridized carbons (Fsp3) is 0.450. The predicted octanol–water partition coefficient (Wildman–Crippen LogP) is 5.81. The number of rotatable bonds is 8. The molecule has 0 unspecified atom stereocenters. The smallest absolute Gasteiger partial charge is 0.308 e. The van der Waals surface area contributed by atoms with E-state index in [-0.39, 0.29) is 35.5 Å². The highest BCUT2D eigenvalue weighted by Gasteiger charge is 2.66. The Labute approximate surface area is 278 Å². The second kappa shape index (κ2) is 12.7. The van der Waals surface area contributed by atoms with Gasteiger partial charge in [-0.3, -0.25) is 14.5 Å². The lowest BCUT2D eigenvalue weighted by molar-refractivity contribution is -0.134. The van der Waals surface area contributed by atoms with E-state index in [1.165, 1.54) is 12.5 Å². The molecule has 1 amide bonds. The summed E-state index contributed by atoms with van der Waals surface area (Å²) in [7, 11) is 1.65. The molecule has 1 saturated heterocycles. The Morgan fingerprint density at radius 1 is 1.06 bits per heavy atom. The molecule has 2 fully saturated rings. The van der Waals surface area contributed by atoms with E-state index in [9.17, 15) is 9.59 Å². The molecule has 7 nitrogen and oxygen atoms in total. The van der Waals surface area contributed by atoms with Gasteiger partial charge in [0, 0.05) is 72.7 Å². The van der Waals surface area contributed by atoms with Crippen molar-refractivity contribution < 1.29 is 23.8 Å². The largest absolute Gasteiger partial charge is 0.493 e. The number of ether oxygens (including phenoxy) is 3. The predicted molar refractivity (Wildman–Crippen MR) is 181 cm³/mol. The second-order valence-electron chi connectivity index (χ2n) is 14.0. The van der Waals surface area contributed by atoms with Crippen molar-refractivity contribution in [2.75, 3.05) is 26.7 Å². The fourth-order valence-electron chi connectivity index (χ4n) is 8.97. The van der Waals surface area contributed by atoms with Crippen molar-refractivity contribution in [2.45, 2.75) is 76.5 Å². The molecule has 1 saturated carbocycles. The van der Waals surface area contributed by atoms with Crippen LogP contribution < -0.4 is 14.2 Å². The van der Waals surface area contributed by atoms with E-state index in [1.54, 1.807) is 7.11 Å². The van der Waals surface area contributed by atoms with Crippen LogP contribution in [0.1, 0.15) is 62.3 Å². The number of hydrogen-bond donors (Lipinski definition) is 0. The number of likely N-dealkylation sites (tertiary alicyclic amines) is 1. The molecule has 0 aromatic heterocycles. The van der Waals surface area contributed by atoms with Gasteiger partial charge < -0.3 is 19.1 Å². The summed E-state index contributed by atoms with van der Waals surface area (Å²) in [6.07, 6.45) is 4.30. The van der Waals surface area contributed by atoms with Crippen molar-refractivity contribution in [2.24, 2.45) is 11.8 Å². The van der Waals surface area contributed by atoms with E-state index < -0.39 is 0 Å². The molecule has 7 heteroatoms. The first-order valence-electron chi connectivity index (χ1n) is 17.0. The van der Waals surface area contributed by atoms with Crippen molar-refractivity contribution in [1.82, 2.24) is 9.80 Å². The van der Waals surface area contributed by atoms with Gasteiger partial charge in [0.15, 0.2) is 11.5 Å². The van der Waals surface area contributed by atoms with Crippen LogP contribution in [0.5, 0.6) is 17.2 Å². The van der Waals surface area contributed by atoms with E-state index in [4.69, 9.17) is 14.2 Å². The van der Waals surface area contributed by atoms with Gasteiger partial charge in [-0.25, -0.2) is 0 Å². The maximum atomic E-state index is 13.9. The van der Waals surface area contributed by atoms with Crippen molar-refractivity contribution in [3.63, 3.8) is 0 Å². The Morgan fingerprint density at radius 2 is 1.81 bits per heavy atom. The monoisotopic (exact) mass is 632 g/mol. The summed E-state index contributed by atoms with van der Waals surface area (Å²) in [6, 6.07) is 22.5. The molecule has 7 rings (SSSR count). The Bertz CT molecular complexity index is 1710. The lowest BCUT2D eigenvalue weighted by Gasteiger charge is -2.60. The number of hydrogen-bond acceptors (Lipinski definition) is 6. The number of benzene rings is 3. The highest BCUT2D eigenvalue weighted by atomic mass is 16.5. The van der Waals surface area contributed by atoms with E-state index in [0.717, 1.165) is 67.6 Å². The molecule has 3 aromatic carbocycles. The van der Waals surface area contributed by atoms with Crippen LogP contribution >= 0.6 is 0 Å². The molecule has 5 atom stereocenters. The normalized spacial score (nSPS) is 25.2. The van der Waals surface area contributed by atoms with Gasteiger partial charge in [-0.05, 0) is 61.6 Å². The standard InChI is InChI=1S/C40H44N2O5/c1-26(2)24-42(37(44)18-15-28-11-7-5-8-12-28)30-16-17-32-33-21-31-34(46-27(3)43)22-35(45-4)39-38(31)40(32,23-30)36(47-39)25-41(33)20-19-29-13-9-6-10-14-29/h5-14,22,26,30,32-33,36H,16-17,19-21,23-25H2,1-4H3/t30-,32-,33+,36+,40-/m0/s1. The molecule has 2 heterocycles. The lowest BCUT2D eigenvalue weighted by Crippen LogP contribution is -2.69. The number of carbonyl (C=O) groups is 2. The minimum atomic E-state index is -0.350. The first kappa shape index (κ1) is 31.3. The SMILES string of the molecule is COc1cc(OC(C)=O)c2c3c1O[C@@H]1CN(CCc4ccccc4)[C@H](C2)[C@@H]2CC[C@H](N(CC(C)C)C(=O)C#Cc4ccccc4)C[C@@]312. The van der Waals surface area contributed by atoms with Gasteiger partial charge in [0.2, 0.25) is 0 Å². The summed E-state index contributed by atoms with van der Waals surface area (Å²) in [5.41, 5.74) is 4.01. The number of amides is 1. The molecular weight excluding hydrogens is 588 g/mol. The molecule has 2 bridgehead atoms. The van der Waals surface area contributed by atoms with Crippen LogP contribution in [0.2, 0.25) is 0 Å². The van der Waals surface area contributed by atoms with E-state index in [1.807, 2.05) is 41.3 Å². The zero-order chi connectivity index (χ0) is 32.7. The fourth-order valence-corrected chi connectivity index (χ4v) is 8.97. The van der Waals surface area contributed by atoms with Crippen LogP contribution in [0.15, 0.2) is 66.7 Å². The summed E-state index contributed by atoms with van der Waals surface area (Å²) >= 11 is 0. The van der Waals surface area contributed by atoms with Crippen molar-refractivity contribution in [1.29, 1.82) is 0 Å². The molecule has 47 heavy (non-hydrogen) atoms. The van der Waals surface area contributed by atoms with E-state index in [2.05, 4.69) is 60.9 Å². The summed E-state index contributed by atoms with van der Waals surface area (Å²) in [5, 5.41) is 0. The lowest BCUT2D eigenvalue weighted by atomic mass is 9.51. The molecule has 0 N–H and O–H groups in total. The number of nitrogens with zero attached hydrogens (tertiary/aromatic N) is 2. The number of carbonyl (C=O) groups excluding carboxylic acids is 2. The third-order valence-corrected chi connectivity index (χ3v) is 10.8. The molecule has 3 aromatic rings. The summed E-state index contributed by atoms with van der Waals surface area (Å²) in [6.45, 7) is 8.12. The van der Waals surface area contributed by atoms with Crippen LogP contribution in [0.3, 0.4) is 0 Å². The molecule has 2 aliphatic carbocycles. The van der Waals surface area contributed by atoms with Crippen LogP contribution in [0.25, 0.3) is 0 Å². The second-order valence-corrected chi connectivity index (χ2v) is 14.0. The van der Waals surface area contributed by atoms with Gasteiger partial charge in [0.25, 0.3) is 5.91 Å². The van der Waals surface area contributed by atoms with Crippen molar-refractivity contribution >= 4 is 11.9 Å². The van der Waals surface area contributed by atoms with E-state index in [0.29, 0.717) is 29.9 Å². The highest BCUT2D eigenvalue weighted by Crippen LogP contribution is 2.65. The Hall–Kier alpha value is -4.28.